The van der Waals surface area contributed by atoms with Gasteiger partial charge in [-0.25, -0.2) is 9.18 Å². The summed E-state index contributed by atoms with van der Waals surface area (Å²) in [5.41, 5.74) is -0.355. The summed E-state index contributed by atoms with van der Waals surface area (Å²) in [5, 5.41) is 4.91. The third kappa shape index (κ3) is 2.98. The van der Waals surface area contributed by atoms with Gasteiger partial charge < -0.3 is 10.2 Å². The van der Waals surface area contributed by atoms with E-state index in [1.54, 1.807) is 23.1 Å². The van der Waals surface area contributed by atoms with Crippen molar-refractivity contribution < 1.29 is 18.8 Å². The van der Waals surface area contributed by atoms with Crippen molar-refractivity contribution in [2.75, 3.05) is 13.1 Å². The zero-order valence-corrected chi connectivity index (χ0v) is 13.5. The van der Waals surface area contributed by atoms with Gasteiger partial charge in [0.15, 0.2) is 0 Å². The quantitative estimate of drug-likeness (QED) is 0.823. The second kappa shape index (κ2) is 6.22. The first-order valence-corrected chi connectivity index (χ1v) is 8.07. The average Bonchev–Trinajstić information content (AvgIpc) is 2.81. The number of hydrogen-bond donors (Lipinski definition) is 2. The molecule has 0 saturated carbocycles. The van der Waals surface area contributed by atoms with Crippen LogP contribution in [0.15, 0.2) is 24.3 Å². The highest BCUT2D eigenvalue weighted by molar-refractivity contribution is 6.07. The summed E-state index contributed by atoms with van der Waals surface area (Å²) >= 11 is 0. The number of nitrogens with zero attached hydrogens (tertiary/aromatic N) is 1. The van der Waals surface area contributed by atoms with Gasteiger partial charge in [-0.3, -0.25) is 14.9 Å². The molecule has 6 nitrogen and oxygen atoms in total. The lowest BCUT2D eigenvalue weighted by Gasteiger charge is -2.37. The van der Waals surface area contributed by atoms with Gasteiger partial charge >= 0.3 is 6.03 Å². The smallest absolute Gasteiger partial charge is 0.322 e. The van der Waals surface area contributed by atoms with Gasteiger partial charge in [-0.1, -0.05) is 25.1 Å². The molecule has 128 valence electrons. The summed E-state index contributed by atoms with van der Waals surface area (Å²) in [7, 11) is 0. The number of rotatable bonds is 3. The van der Waals surface area contributed by atoms with Crippen molar-refractivity contribution >= 4 is 17.8 Å². The van der Waals surface area contributed by atoms with E-state index in [1.165, 1.54) is 6.07 Å². The maximum atomic E-state index is 13.8. The Morgan fingerprint density at radius 1 is 1.29 bits per heavy atom. The number of nitrogens with one attached hydrogen (secondary N) is 2. The van der Waals surface area contributed by atoms with E-state index in [1.807, 2.05) is 6.92 Å². The first-order valence-electron chi connectivity index (χ1n) is 8.07. The standard InChI is InChI=1S/C17H20FN3O3/c1-11(12-4-2-3-5-13(12)18)10-14(22)21-8-6-17(7-9-21)15(23)19-16(24)20-17/h2-5,11H,6-10H2,1H3,(H2,19,20,23,24). The van der Waals surface area contributed by atoms with Gasteiger partial charge in [0.25, 0.3) is 5.91 Å². The van der Waals surface area contributed by atoms with E-state index in [0.29, 0.717) is 31.5 Å². The Bertz CT molecular complexity index is 683. The number of urea groups is 1. The topological polar surface area (TPSA) is 78.5 Å². The number of carbonyl (C=O) groups is 3. The number of imide groups is 1. The molecule has 0 aliphatic carbocycles. The van der Waals surface area contributed by atoms with Crippen molar-refractivity contribution in [1.29, 1.82) is 0 Å². The third-order valence-electron chi connectivity index (χ3n) is 4.90. The molecule has 1 unspecified atom stereocenters. The molecule has 2 saturated heterocycles. The Morgan fingerprint density at radius 2 is 1.96 bits per heavy atom. The van der Waals surface area contributed by atoms with Crippen LogP contribution in [0.3, 0.4) is 0 Å². The van der Waals surface area contributed by atoms with Crippen LogP contribution in [-0.4, -0.2) is 41.4 Å². The van der Waals surface area contributed by atoms with Crippen LogP contribution in [0.2, 0.25) is 0 Å². The molecule has 1 spiro atoms. The average molecular weight is 333 g/mol. The minimum Gasteiger partial charge on any atom is -0.342 e. The van der Waals surface area contributed by atoms with Crippen molar-refractivity contribution in [3.63, 3.8) is 0 Å². The van der Waals surface area contributed by atoms with Gasteiger partial charge in [0.2, 0.25) is 5.91 Å². The van der Waals surface area contributed by atoms with Gasteiger partial charge in [0, 0.05) is 19.5 Å². The van der Waals surface area contributed by atoms with Crippen LogP contribution >= 0.6 is 0 Å². The number of hydrogen-bond acceptors (Lipinski definition) is 3. The second-order valence-corrected chi connectivity index (χ2v) is 6.50. The molecule has 1 aromatic carbocycles. The zero-order valence-electron chi connectivity index (χ0n) is 13.5. The Hall–Kier alpha value is -2.44. The Balaban J connectivity index is 1.59. The monoisotopic (exact) mass is 333 g/mol. The molecule has 3 rings (SSSR count). The second-order valence-electron chi connectivity index (χ2n) is 6.50. The van der Waals surface area contributed by atoms with E-state index in [2.05, 4.69) is 10.6 Å². The maximum absolute atomic E-state index is 13.8. The van der Waals surface area contributed by atoms with Gasteiger partial charge in [0.05, 0.1) is 0 Å². The molecule has 2 heterocycles. The molecule has 1 aromatic rings. The van der Waals surface area contributed by atoms with E-state index in [-0.39, 0.29) is 30.0 Å². The van der Waals surface area contributed by atoms with Crippen molar-refractivity contribution in [1.82, 2.24) is 15.5 Å². The first kappa shape index (κ1) is 16.4. The molecule has 4 amide bonds. The first-order chi connectivity index (χ1) is 11.4. The van der Waals surface area contributed by atoms with Crippen molar-refractivity contribution in [2.24, 2.45) is 0 Å². The predicted octanol–water partition coefficient (Wildman–Crippen LogP) is 1.52. The minimum atomic E-state index is -0.884. The van der Waals surface area contributed by atoms with E-state index >= 15 is 0 Å². The number of likely N-dealkylation sites (tertiary alicyclic amines) is 1. The van der Waals surface area contributed by atoms with Gasteiger partial charge in [-0.2, -0.15) is 0 Å². The van der Waals surface area contributed by atoms with Crippen LogP contribution in [0.1, 0.15) is 37.7 Å². The molecule has 0 radical (unpaired) electrons. The normalized spacial score (nSPS) is 20.7. The number of piperidine rings is 1. The molecule has 2 N–H and O–H groups in total. The van der Waals surface area contributed by atoms with Crippen LogP contribution in [0.25, 0.3) is 0 Å². The number of halogens is 1. The molecule has 0 aromatic heterocycles. The van der Waals surface area contributed by atoms with Crippen LogP contribution in [0.4, 0.5) is 9.18 Å². The van der Waals surface area contributed by atoms with Crippen molar-refractivity contribution in [2.45, 2.75) is 37.6 Å². The van der Waals surface area contributed by atoms with Gasteiger partial charge in [0.1, 0.15) is 11.4 Å². The summed E-state index contributed by atoms with van der Waals surface area (Å²) < 4.78 is 13.8. The van der Waals surface area contributed by atoms with Crippen LogP contribution in [-0.2, 0) is 9.59 Å². The minimum absolute atomic E-state index is 0.0645. The highest BCUT2D eigenvalue weighted by Gasteiger charge is 2.48. The van der Waals surface area contributed by atoms with Crippen LogP contribution < -0.4 is 10.6 Å². The molecule has 2 aliphatic heterocycles. The van der Waals surface area contributed by atoms with Crippen LogP contribution in [0.5, 0.6) is 0 Å². The Morgan fingerprint density at radius 3 is 2.54 bits per heavy atom. The molecule has 7 heteroatoms. The largest absolute Gasteiger partial charge is 0.342 e. The highest BCUT2D eigenvalue weighted by Crippen LogP contribution is 2.28. The molecule has 0 bridgehead atoms. The summed E-state index contributed by atoms with van der Waals surface area (Å²) in [4.78, 5) is 37.4. The SMILES string of the molecule is CC(CC(=O)N1CCC2(CC1)NC(=O)NC2=O)c1ccccc1F. The zero-order chi connectivity index (χ0) is 17.3. The molecular formula is C17H20FN3O3. The Kier molecular flexibility index (Phi) is 4.26. The summed E-state index contributed by atoms with van der Waals surface area (Å²) in [5.74, 6) is -0.908. The van der Waals surface area contributed by atoms with Crippen LogP contribution in [0, 0.1) is 5.82 Å². The lowest BCUT2D eigenvalue weighted by molar-refractivity contribution is -0.136. The maximum Gasteiger partial charge on any atom is 0.322 e. The van der Waals surface area contributed by atoms with Crippen molar-refractivity contribution in [3.8, 4) is 0 Å². The molecule has 2 aliphatic rings. The van der Waals surface area contributed by atoms with Gasteiger partial charge in [-0.15, -0.1) is 0 Å². The van der Waals surface area contributed by atoms with E-state index in [9.17, 15) is 18.8 Å². The summed E-state index contributed by atoms with van der Waals surface area (Å²) in [6, 6.07) is 5.98. The number of benzene rings is 1. The lowest BCUT2D eigenvalue weighted by Crippen LogP contribution is -2.55. The fourth-order valence-corrected chi connectivity index (χ4v) is 3.39. The molecule has 24 heavy (non-hydrogen) atoms. The molecule has 2 fully saturated rings. The molecule has 1 atom stereocenters. The van der Waals surface area contributed by atoms with Gasteiger partial charge in [-0.05, 0) is 30.4 Å². The Labute approximate surface area is 139 Å². The van der Waals surface area contributed by atoms with E-state index in [4.69, 9.17) is 0 Å². The fraction of sp³-hybridized carbons (Fsp3) is 0.471. The summed E-state index contributed by atoms with van der Waals surface area (Å²) in [6.07, 6.45) is 1.00. The predicted molar refractivity (Wildman–Crippen MR) is 84.7 cm³/mol. The lowest BCUT2D eigenvalue weighted by atomic mass is 9.87. The number of carbonyl (C=O) groups excluding carboxylic acids is 3. The molecular weight excluding hydrogens is 313 g/mol. The third-order valence-corrected chi connectivity index (χ3v) is 4.90. The van der Waals surface area contributed by atoms with E-state index in [0.717, 1.165) is 0 Å². The fourth-order valence-electron chi connectivity index (χ4n) is 3.39. The summed E-state index contributed by atoms with van der Waals surface area (Å²) in [6.45, 7) is 2.62. The number of amides is 4. The van der Waals surface area contributed by atoms with E-state index < -0.39 is 11.6 Å². The highest BCUT2D eigenvalue weighted by atomic mass is 19.1. The van der Waals surface area contributed by atoms with Crippen molar-refractivity contribution in [3.05, 3.63) is 35.6 Å².